The second kappa shape index (κ2) is 7.78. The number of allylic oxidation sites excluding steroid dienone is 2. The third-order valence-electron chi connectivity index (χ3n) is 6.71. The molecule has 0 aliphatic carbocycles. The molecule has 0 spiro atoms. The van der Waals surface area contributed by atoms with Gasteiger partial charge in [0.25, 0.3) is 0 Å². The Balaban J connectivity index is 2.49. The SMILES string of the molecule is COC(=O)C1=C(C)NC2=C(C1c1c(C)c(C)c(C)c(C)c1C)S(=O)(=O)CCS(=O)(=O)C2. The molecule has 7 nitrogen and oxygen atoms in total. The van der Waals surface area contributed by atoms with Crippen molar-refractivity contribution in [2.45, 2.75) is 47.5 Å². The van der Waals surface area contributed by atoms with E-state index in [9.17, 15) is 21.6 Å². The molecular formula is C22H29NO6S2. The van der Waals surface area contributed by atoms with Crippen molar-refractivity contribution >= 4 is 25.6 Å². The smallest absolute Gasteiger partial charge is 0.336 e. The summed E-state index contributed by atoms with van der Waals surface area (Å²) in [6, 6.07) is 0. The van der Waals surface area contributed by atoms with E-state index in [0.29, 0.717) is 5.70 Å². The fourth-order valence-corrected chi connectivity index (χ4v) is 8.72. The van der Waals surface area contributed by atoms with Crippen molar-refractivity contribution in [3.8, 4) is 0 Å². The summed E-state index contributed by atoms with van der Waals surface area (Å²) >= 11 is 0. The zero-order valence-corrected chi connectivity index (χ0v) is 20.6. The number of rotatable bonds is 2. The Morgan fingerprint density at radius 1 is 0.871 bits per heavy atom. The maximum absolute atomic E-state index is 13.4. The van der Waals surface area contributed by atoms with Gasteiger partial charge in [-0.05, 0) is 74.9 Å². The summed E-state index contributed by atoms with van der Waals surface area (Å²) in [5.74, 6) is -2.95. The van der Waals surface area contributed by atoms with Crippen molar-refractivity contribution < 1.29 is 26.4 Å². The zero-order valence-electron chi connectivity index (χ0n) is 19.0. The number of benzene rings is 1. The molecule has 170 valence electrons. The molecule has 0 saturated carbocycles. The Bertz CT molecular complexity index is 1240. The Labute approximate surface area is 184 Å². The molecule has 31 heavy (non-hydrogen) atoms. The number of esters is 1. The Kier molecular flexibility index (Phi) is 5.90. The van der Waals surface area contributed by atoms with Gasteiger partial charge in [0.15, 0.2) is 19.7 Å². The molecule has 1 aromatic rings. The summed E-state index contributed by atoms with van der Waals surface area (Å²) in [5, 5.41) is 2.91. The van der Waals surface area contributed by atoms with Crippen LogP contribution in [0.1, 0.15) is 46.2 Å². The molecule has 1 unspecified atom stereocenters. The van der Waals surface area contributed by atoms with Crippen molar-refractivity contribution in [1.82, 2.24) is 5.32 Å². The first kappa shape index (κ1) is 23.5. The summed E-state index contributed by atoms with van der Waals surface area (Å²) in [4.78, 5) is 12.8. The van der Waals surface area contributed by atoms with E-state index >= 15 is 0 Å². The maximum atomic E-state index is 13.4. The minimum Gasteiger partial charge on any atom is -0.466 e. The highest BCUT2D eigenvalue weighted by Gasteiger charge is 2.44. The molecule has 3 rings (SSSR count). The molecule has 1 atom stereocenters. The Morgan fingerprint density at radius 3 is 1.90 bits per heavy atom. The molecule has 1 N–H and O–H groups in total. The summed E-state index contributed by atoms with van der Waals surface area (Å²) in [7, 11) is -6.32. The number of hydrogen-bond donors (Lipinski definition) is 1. The van der Waals surface area contributed by atoms with Crippen LogP contribution in [0.25, 0.3) is 0 Å². The molecule has 0 radical (unpaired) electrons. The predicted molar refractivity (Wildman–Crippen MR) is 120 cm³/mol. The van der Waals surface area contributed by atoms with Gasteiger partial charge in [0, 0.05) is 11.4 Å². The van der Waals surface area contributed by atoms with E-state index in [2.05, 4.69) is 5.32 Å². The molecule has 9 heteroatoms. The number of carbonyl (C=O) groups excluding carboxylic acids is 1. The number of dihydropyridines is 1. The molecule has 0 bridgehead atoms. The first-order valence-corrected chi connectivity index (χ1v) is 13.5. The molecule has 0 saturated heterocycles. The third kappa shape index (κ3) is 3.82. The monoisotopic (exact) mass is 467 g/mol. The van der Waals surface area contributed by atoms with E-state index in [0.717, 1.165) is 33.4 Å². The number of nitrogens with one attached hydrogen (secondary N) is 1. The maximum Gasteiger partial charge on any atom is 0.336 e. The van der Waals surface area contributed by atoms with E-state index < -0.39 is 48.8 Å². The highest BCUT2D eigenvalue weighted by atomic mass is 32.2. The van der Waals surface area contributed by atoms with Crippen molar-refractivity contribution in [3.63, 3.8) is 0 Å². The Hall–Kier alpha value is -2.13. The van der Waals surface area contributed by atoms with Gasteiger partial charge in [-0.3, -0.25) is 0 Å². The molecule has 2 aliphatic heterocycles. The third-order valence-corrected chi connectivity index (χ3v) is 10.4. The van der Waals surface area contributed by atoms with Crippen LogP contribution in [0.15, 0.2) is 21.9 Å². The van der Waals surface area contributed by atoms with Crippen molar-refractivity contribution in [2.24, 2.45) is 0 Å². The lowest BCUT2D eigenvalue weighted by molar-refractivity contribution is -0.136. The van der Waals surface area contributed by atoms with Crippen LogP contribution in [-0.2, 0) is 29.2 Å². The minimum atomic E-state index is -3.96. The van der Waals surface area contributed by atoms with Gasteiger partial charge in [-0.15, -0.1) is 0 Å². The van der Waals surface area contributed by atoms with Gasteiger partial charge in [0.1, 0.15) is 0 Å². The van der Waals surface area contributed by atoms with E-state index in [1.807, 2.05) is 34.6 Å². The summed E-state index contributed by atoms with van der Waals surface area (Å²) in [6.45, 7) is 11.4. The van der Waals surface area contributed by atoms with Crippen molar-refractivity contribution in [2.75, 3.05) is 24.4 Å². The molecule has 2 aliphatic rings. The van der Waals surface area contributed by atoms with E-state index in [-0.39, 0.29) is 16.2 Å². The fourth-order valence-electron chi connectivity index (χ4n) is 4.61. The normalized spacial score (nSPS) is 22.5. The molecular weight excluding hydrogens is 438 g/mol. The second-order valence-electron chi connectivity index (χ2n) is 8.38. The molecule has 0 amide bonds. The first-order chi connectivity index (χ1) is 14.2. The van der Waals surface area contributed by atoms with E-state index in [1.54, 1.807) is 6.92 Å². The standard InChI is InChI=1S/C22H29NO6S2/c1-11-12(2)14(4)18(15(5)13(11)3)20-19(22(24)29-7)16(6)23-17-10-30(25,26)8-9-31(27,28)21(17)20/h20,23H,8-10H2,1-7H3. The van der Waals surface area contributed by atoms with Gasteiger partial charge in [0.2, 0.25) is 0 Å². The fraction of sp³-hybridized carbons (Fsp3) is 0.500. The van der Waals surface area contributed by atoms with Gasteiger partial charge >= 0.3 is 5.97 Å². The van der Waals surface area contributed by atoms with E-state index in [1.165, 1.54) is 7.11 Å². The molecule has 2 heterocycles. The number of carbonyl (C=O) groups is 1. The highest BCUT2D eigenvalue weighted by Crippen LogP contribution is 2.46. The predicted octanol–water partition coefficient (Wildman–Crippen LogP) is 2.42. The van der Waals surface area contributed by atoms with Crippen LogP contribution >= 0.6 is 0 Å². The zero-order chi connectivity index (χ0) is 23.5. The highest BCUT2D eigenvalue weighted by molar-refractivity contribution is 7.98. The van der Waals surface area contributed by atoms with Crippen LogP contribution in [0.3, 0.4) is 0 Å². The summed E-state index contributed by atoms with van der Waals surface area (Å²) < 4.78 is 56.8. The minimum absolute atomic E-state index is 0.0339. The van der Waals surface area contributed by atoms with Gasteiger partial charge in [0.05, 0.1) is 40.8 Å². The average molecular weight is 468 g/mol. The van der Waals surface area contributed by atoms with Gasteiger partial charge in [-0.1, -0.05) is 0 Å². The topological polar surface area (TPSA) is 107 Å². The summed E-state index contributed by atoms with van der Waals surface area (Å²) in [5.41, 5.74) is 6.34. The second-order valence-corrected chi connectivity index (χ2v) is 12.6. The van der Waals surface area contributed by atoms with Crippen LogP contribution in [0.2, 0.25) is 0 Å². The average Bonchev–Trinajstić information content (AvgIpc) is 2.77. The van der Waals surface area contributed by atoms with Crippen LogP contribution in [0, 0.1) is 34.6 Å². The quantitative estimate of drug-likeness (QED) is 0.666. The number of hydrogen-bond acceptors (Lipinski definition) is 7. The molecule has 1 aromatic carbocycles. The van der Waals surface area contributed by atoms with Crippen molar-refractivity contribution in [1.29, 1.82) is 0 Å². The lowest BCUT2D eigenvalue weighted by Gasteiger charge is -2.34. The number of ether oxygens (including phenoxy) is 1. The van der Waals surface area contributed by atoms with Crippen molar-refractivity contribution in [3.05, 3.63) is 55.3 Å². The molecule has 0 fully saturated rings. The van der Waals surface area contributed by atoms with Crippen LogP contribution in [-0.4, -0.2) is 47.2 Å². The van der Waals surface area contributed by atoms with Crippen LogP contribution in [0.4, 0.5) is 0 Å². The van der Waals surface area contributed by atoms with Crippen LogP contribution < -0.4 is 5.32 Å². The first-order valence-electron chi connectivity index (χ1n) is 10.0. The van der Waals surface area contributed by atoms with Gasteiger partial charge < -0.3 is 10.1 Å². The lowest BCUT2D eigenvalue weighted by Crippen LogP contribution is -2.34. The number of sulfone groups is 2. The van der Waals surface area contributed by atoms with Gasteiger partial charge in [-0.2, -0.15) is 0 Å². The Morgan fingerprint density at radius 2 is 1.39 bits per heavy atom. The molecule has 0 aromatic heterocycles. The summed E-state index contributed by atoms with van der Waals surface area (Å²) in [6.07, 6.45) is 0. The number of methoxy groups -OCH3 is 1. The van der Waals surface area contributed by atoms with Crippen LogP contribution in [0.5, 0.6) is 0 Å². The van der Waals surface area contributed by atoms with Gasteiger partial charge in [-0.25, -0.2) is 21.6 Å². The largest absolute Gasteiger partial charge is 0.466 e. The lowest BCUT2D eigenvalue weighted by atomic mass is 9.78. The van der Waals surface area contributed by atoms with E-state index in [4.69, 9.17) is 4.74 Å².